The Bertz CT molecular complexity index is 716. The van der Waals surface area contributed by atoms with Gasteiger partial charge in [0.2, 0.25) is 5.91 Å². The highest BCUT2D eigenvalue weighted by Crippen LogP contribution is 2.29. The van der Waals surface area contributed by atoms with Crippen molar-refractivity contribution in [1.29, 1.82) is 0 Å². The zero-order valence-corrected chi connectivity index (χ0v) is 19.6. The van der Waals surface area contributed by atoms with Gasteiger partial charge in [0, 0.05) is 45.7 Å². The molecule has 2 heterocycles. The monoisotopic (exact) mass is 467 g/mol. The van der Waals surface area contributed by atoms with Crippen molar-refractivity contribution in [2.75, 3.05) is 45.8 Å². The molecule has 0 bridgehead atoms. The molecule has 2 aromatic rings. The van der Waals surface area contributed by atoms with Gasteiger partial charge in [0.15, 0.2) is 0 Å². The molecule has 0 saturated carbocycles. The standard InChI is InChI=1S/C24H31N3O.2ClH.H2O/c28-23-13-7-15-26(23)16-8-14-25-17-19-27(20-18-25)24(21-9-3-1-4-10-21)22-11-5-2-6-12-22;;;/h1-6,9-12,24H,7-8,13-20H2;2*1H;1H2. The van der Waals surface area contributed by atoms with Crippen LogP contribution in [0.4, 0.5) is 0 Å². The fourth-order valence-electron chi connectivity index (χ4n) is 4.56. The number of hydrogen-bond acceptors (Lipinski definition) is 3. The van der Waals surface area contributed by atoms with E-state index >= 15 is 0 Å². The lowest BCUT2D eigenvalue weighted by Crippen LogP contribution is -2.48. The molecule has 0 atom stereocenters. The summed E-state index contributed by atoms with van der Waals surface area (Å²) in [6.07, 6.45) is 2.88. The summed E-state index contributed by atoms with van der Waals surface area (Å²) >= 11 is 0. The summed E-state index contributed by atoms with van der Waals surface area (Å²) in [6.45, 7) is 7.35. The van der Waals surface area contributed by atoms with Crippen LogP contribution in [0.1, 0.15) is 36.4 Å². The second-order valence-electron chi connectivity index (χ2n) is 7.94. The molecule has 2 fully saturated rings. The van der Waals surface area contributed by atoms with E-state index in [-0.39, 0.29) is 30.3 Å². The van der Waals surface area contributed by atoms with Crippen LogP contribution in [0.5, 0.6) is 0 Å². The third-order valence-electron chi connectivity index (χ3n) is 6.08. The van der Waals surface area contributed by atoms with Gasteiger partial charge < -0.3 is 15.3 Å². The molecule has 2 aromatic carbocycles. The number of hydrogen-bond donors (Lipinski definition) is 0. The summed E-state index contributed by atoms with van der Waals surface area (Å²) in [5.74, 6) is 0.346. The van der Waals surface area contributed by atoms with Crippen molar-refractivity contribution in [3.05, 3.63) is 71.8 Å². The Morgan fingerprint density at radius 3 is 1.77 bits per heavy atom. The van der Waals surface area contributed by atoms with E-state index in [1.807, 2.05) is 4.90 Å². The van der Waals surface area contributed by atoms with Crippen molar-refractivity contribution in [1.82, 2.24) is 14.7 Å². The van der Waals surface area contributed by atoms with Crippen LogP contribution < -0.4 is 0 Å². The predicted octanol–water partition coefficient (Wildman–Crippen LogP) is 3.43. The molecule has 5 nitrogen and oxygen atoms in total. The number of carbonyl (C=O) groups excluding carboxylic acids is 1. The number of benzene rings is 2. The molecule has 2 N–H and O–H groups in total. The van der Waals surface area contributed by atoms with E-state index in [2.05, 4.69) is 70.5 Å². The Hall–Kier alpha value is -1.63. The Balaban J connectivity index is 0.00000160. The van der Waals surface area contributed by atoms with Crippen molar-refractivity contribution in [2.45, 2.75) is 25.3 Å². The van der Waals surface area contributed by atoms with Gasteiger partial charge in [-0.3, -0.25) is 9.69 Å². The second-order valence-corrected chi connectivity index (χ2v) is 7.94. The maximum atomic E-state index is 11.7. The van der Waals surface area contributed by atoms with E-state index in [9.17, 15) is 4.79 Å². The third kappa shape index (κ3) is 7.19. The lowest BCUT2D eigenvalue weighted by molar-refractivity contribution is -0.127. The van der Waals surface area contributed by atoms with Crippen molar-refractivity contribution < 1.29 is 10.3 Å². The topological polar surface area (TPSA) is 58.3 Å². The number of halogens is 2. The van der Waals surface area contributed by atoms with Gasteiger partial charge in [0.1, 0.15) is 0 Å². The molecular weight excluding hydrogens is 433 g/mol. The number of piperazine rings is 1. The Labute approximate surface area is 198 Å². The minimum atomic E-state index is 0. The van der Waals surface area contributed by atoms with Gasteiger partial charge in [-0.15, -0.1) is 24.8 Å². The fraction of sp³-hybridized carbons (Fsp3) is 0.458. The first-order valence-electron chi connectivity index (χ1n) is 10.7. The lowest BCUT2D eigenvalue weighted by Gasteiger charge is -2.40. The number of carbonyl (C=O) groups is 1. The predicted molar refractivity (Wildman–Crippen MR) is 131 cm³/mol. The summed E-state index contributed by atoms with van der Waals surface area (Å²) in [4.78, 5) is 19.0. The van der Waals surface area contributed by atoms with E-state index in [0.29, 0.717) is 11.9 Å². The molecule has 7 heteroatoms. The van der Waals surface area contributed by atoms with Crippen LogP contribution >= 0.6 is 24.8 Å². The fourth-order valence-corrected chi connectivity index (χ4v) is 4.56. The van der Waals surface area contributed by atoms with Crippen LogP contribution in [0, 0.1) is 0 Å². The largest absolute Gasteiger partial charge is 0.412 e. The summed E-state index contributed by atoms with van der Waals surface area (Å²) in [7, 11) is 0. The normalized spacial score (nSPS) is 17.1. The van der Waals surface area contributed by atoms with Gasteiger partial charge in [0.05, 0.1) is 6.04 Å². The maximum absolute atomic E-state index is 11.7. The molecule has 0 radical (unpaired) electrons. The van der Waals surface area contributed by atoms with Crippen LogP contribution in [0.3, 0.4) is 0 Å². The first-order valence-corrected chi connectivity index (χ1v) is 10.7. The van der Waals surface area contributed by atoms with E-state index in [4.69, 9.17) is 0 Å². The molecule has 2 aliphatic rings. The third-order valence-corrected chi connectivity index (χ3v) is 6.08. The highest BCUT2D eigenvalue weighted by Gasteiger charge is 2.26. The minimum absolute atomic E-state index is 0. The van der Waals surface area contributed by atoms with Crippen LogP contribution in [0.25, 0.3) is 0 Å². The molecule has 0 aromatic heterocycles. The first kappa shape index (κ1) is 27.4. The van der Waals surface area contributed by atoms with E-state index in [0.717, 1.165) is 65.1 Å². The van der Waals surface area contributed by atoms with E-state index in [1.165, 1.54) is 11.1 Å². The number of nitrogens with zero attached hydrogens (tertiary/aromatic N) is 3. The summed E-state index contributed by atoms with van der Waals surface area (Å²) in [6, 6.07) is 22.1. The molecule has 4 rings (SSSR count). The molecule has 2 aliphatic heterocycles. The van der Waals surface area contributed by atoms with Crippen LogP contribution in [-0.4, -0.2) is 71.9 Å². The van der Waals surface area contributed by atoms with Crippen molar-refractivity contribution in [3.8, 4) is 0 Å². The Morgan fingerprint density at radius 1 is 0.742 bits per heavy atom. The Kier molecular flexibility index (Phi) is 12.1. The van der Waals surface area contributed by atoms with Gasteiger partial charge in [-0.1, -0.05) is 60.7 Å². The van der Waals surface area contributed by atoms with Gasteiger partial charge in [-0.25, -0.2) is 0 Å². The van der Waals surface area contributed by atoms with Crippen molar-refractivity contribution in [3.63, 3.8) is 0 Å². The molecular formula is C24H35Cl2N3O2. The molecule has 172 valence electrons. The zero-order valence-electron chi connectivity index (χ0n) is 18.0. The number of likely N-dealkylation sites (tertiary alicyclic amines) is 1. The van der Waals surface area contributed by atoms with Crippen LogP contribution in [-0.2, 0) is 4.79 Å². The summed E-state index contributed by atoms with van der Waals surface area (Å²) in [5, 5.41) is 0. The summed E-state index contributed by atoms with van der Waals surface area (Å²) in [5.41, 5.74) is 2.74. The van der Waals surface area contributed by atoms with Gasteiger partial charge in [-0.2, -0.15) is 0 Å². The summed E-state index contributed by atoms with van der Waals surface area (Å²) < 4.78 is 0. The van der Waals surface area contributed by atoms with E-state index < -0.39 is 0 Å². The molecule has 0 spiro atoms. The quantitative estimate of drug-likeness (QED) is 0.626. The van der Waals surface area contributed by atoms with Gasteiger partial charge in [-0.05, 0) is 30.5 Å². The molecule has 2 saturated heterocycles. The van der Waals surface area contributed by atoms with Crippen LogP contribution in [0.2, 0.25) is 0 Å². The average molecular weight is 468 g/mol. The van der Waals surface area contributed by atoms with Crippen LogP contribution in [0.15, 0.2) is 60.7 Å². The number of amides is 1. The minimum Gasteiger partial charge on any atom is -0.412 e. The molecule has 0 unspecified atom stereocenters. The van der Waals surface area contributed by atoms with E-state index in [1.54, 1.807) is 0 Å². The Morgan fingerprint density at radius 2 is 1.29 bits per heavy atom. The highest BCUT2D eigenvalue weighted by atomic mass is 35.5. The smallest absolute Gasteiger partial charge is 0.222 e. The van der Waals surface area contributed by atoms with Gasteiger partial charge in [0.25, 0.3) is 0 Å². The first-order chi connectivity index (χ1) is 13.8. The molecule has 0 aliphatic carbocycles. The average Bonchev–Trinajstić information content (AvgIpc) is 3.16. The molecule has 1 amide bonds. The number of rotatable bonds is 7. The SMILES string of the molecule is Cl.Cl.O.O=C1CCCN1CCCN1CCN(C(c2ccccc2)c2ccccc2)CC1. The lowest BCUT2D eigenvalue weighted by atomic mass is 9.96. The van der Waals surface area contributed by atoms with Crippen molar-refractivity contribution >= 4 is 30.7 Å². The van der Waals surface area contributed by atoms with Gasteiger partial charge >= 0.3 is 0 Å². The maximum Gasteiger partial charge on any atom is 0.222 e. The van der Waals surface area contributed by atoms with Crippen molar-refractivity contribution in [2.24, 2.45) is 0 Å². The molecule has 31 heavy (non-hydrogen) atoms. The zero-order chi connectivity index (χ0) is 19.2. The second kappa shape index (κ2) is 13.7. The highest BCUT2D eigenvalue weighted by molar-refractivity contribution is 5.85.